The van der Waals surface area contributed by atoms with Gasteiger partial charge in [0.15, 0.2) is 17.5 Å². The van der Waals surface area contributed by atoms with Crippen molar-refractivity contribution >= 4 is 10.9 Å². The van der Waals surface area contributed by atoms with E-state index in [2.05, 4.69) is 23.7 Å². The lowest BCUT2D eigenvalue weighted by Crippen LogP contribution is -2.38. The van der Waals surface area contributed by atoms with Gasteiger partial charge in [-0.05, 0) is 50.8 Å². The molecule has 2 atom stereocenters. The second kappa shape index (κ2) is 5.95. The van der Waals surface area contributed by atoms with Crippen LogP contribution in [0.2, 0.25) is 0 Å². The normalized spacial score (nSPS) is 20.9. The fraction of sp³-hybridized carbons (Fsp3) is 0.529. The Morgan fingerprint density at radius 3 is 2.82 bits per heavy atom. The zero-order valence-corrected chi connectivity index (χ0v) is 12.9. The molecule has 5 heteroatoms. The summed E-state index contributed by atoms with van der Waals surface area (Å²) < 4.78 is 40.6. The Kier molecular flexibility index (Phi) is 4.17. The van der Waals surface area contributed by atoms with E-state index in [1.807, 2.05) is 0 Å². The lowest BCUT2D eigenvalue weighted by atomic mass is 10.0. The van der Waals surface area contributed by atoms with Gasteiger partial charge in [0.05, 0.1) is 5.52 Å². The summed E-state index contributed by atoms with van der Waals surface area (Å²) >= 11 is 0. The summed E-state index contributed by atoms with van der Waals surface area (Å²) in [6, 6.07) is 1.98. The third-order valence-electron chi connectivity index (χ3n) is 4.93. The van der Waals surface area contributed by atoms with Crippen molar-refractivity contribution in [2.24, 2.45) is 0 Å². The molecule has 1 fully saturated rings. The number of fused-ring (bicyclic) bond motifs is 1. The van der Waals surface area contributed by atoms with E-state index in [9.17, 15) is 13.2 Å². The second-order valence-electron chi connectivity index (χ2n) is 6.22. The molecular formula is C17H21F3N2. The molecule has 0 spiro atoms. The summed E-state index contributed by atoms with van der Waals surface area (Å²) in [5.74, 6) is -3.68. The number of benzene rings is 1. The first kappa shape index (κ1) is 15.4. The molecule has 1 aromatic heterocycles. The fourth-order valence-corrected chi connectivity index (χ4v) is 3.54. The predicted octanol–water partition coefficient (Wildman–Crippen LogP) is 4.39. The van der Waals surface area contributed by atoms with E-state index in [1.165, 1.54) is 0 Å². The standard InChI is InChI=1S/C17H21F3N2/c1-3-10(2)22-6-4-5-12(22)7-11-9-21-17-13(11)8-14(18)15(19)16(17)20/h8-10,12,21H,3-7H2,1-2H3/t10?,12-/m1/s1. The van der Waals surface area contributed by atoms with Gasteiger partial charge in [-0.25, -0.2) is 13.2 Å². The van der Waals surface area contributed by atoms with Crippen LogP contribution in [-0.4, -0.2) is 28.5 Å². The smallest absolute Gasteiger partial charge is 0.196 e. The number of rotatable bonds is 4. The van der Waals surface area contributed by atoms with Gasteiger partial charge >= 0.3 is 0 Å². The molecule has 1 aliphatic rings. The molecule has 2 aromatic rings. The maximum absolute atomic E-state index is 13.8. The molecule has 1 N–H and O–H groups in total. The monoisotopic (exact) mass is 310 g/mol. The summed E-state index contributed by atoms with van der Waals surface area (Å²) in [6.45, 7) is 5.45. The van der Waals surface area contributed by atoms with Gasteiger partial charge in [0, 0.05) is 23.7 Å². The quantitative estimate of drug-likeness (QED) is 0.830. The van der Waals surface area contributed by atoms with Crippen LogP contribution in [0.1, 0.15) is 38.7 Å². The number of likely N-dealkylation sites (tertiary alicyclic amines) is 1. The molecule has 120 valence electrons. The number of aromatic nitrogens is 1. The lowest BCUT2D eigenvalue weighted by molar-refractivity contribution is 0.186. The van der Waals surface area contributed by atoms with Crippen LogP contribution in [0, 0.1) is 17.5 Å². The minimum Gasteiger partial charge on any atom is -0.358 e. The molecular weight excluding hydrogens is 289 g/mol. The molecule has 1 unspecified atom stereocenters. The van der Waals surface area contributed by atoms with Gasteiger partial charge in [-0.2, -0.15) is 0 Å². The van der Waals surface area contributed by atoms with Gasteiger partial charge in [0.2, 0.25) is 0 Å². The van der Waals surface area contributed by atoms with Crippen LogP contribution >= 0.6 is 0 Å². The average molecular weight is 310 g/mol. The third-order valence-corrected chi connectivity index (χ3v) is 4.93. The minimum atomic E-state index is -1.41. The van der Waals surface area contributed by atoms with E-state index in [1.54, 1.807) is 6.20 Å². The Labute approximate surface area is 128 Å². The number of nitrogens with zero attached hydrogens (tertiary/aromatic N) is 1. The highest BCUT2D eigenvalue weighted by Gasteiger charge is 2.28. The van der Waals surface area contributed by atoms with Gasteiger partial charge in [-0.3, -0.25) is 4.90 Å². The number of halogens is 3. The molecule has 2 heterocycles. The minimum absolute atomic E-state index is 0.0574. The highest BCUT2D eigenvalue weighted by atomic mass is 19.2. The van der Waals surface area contributed by atoms with Crippen LogP contribution in [-0.2, 0) is 6.42 Å². The third kappa shape index (κ3) is 2.51. The van der Waals surface area contributed by atoms with Gasteiger partial charge in [0.1, 0.15) is 0 Å². The Bertz CT molecular complexity index is 680. The van der Waals surface area contributed by atoms with Crippen molar-refractivity contribution in [2.75, 3.05) is 6.54 Å². The lowest BCUT2D eigenvalue weighted by Gasteiger charge is -2.30. The van der Waals surface area contributed by atoms with E-state index >= 15 is 0 Å². The average Bonchev–Trinajstić information content (AvgIpc) is 3.12. The van der Waals surface area contributed by atoms with E-state index in [0.717, 1.165) is 43.9 Å². The zero-order valence-electron chi connectivity index (χ0n) is 12.9. The molecule has 2 nitrogen and oxygen atoms in total. The van der Waals surface area contributed by atoms with Crippen molar-refractivity contribution in [1.29, 1.82) is 0 Å². The maximum atomic E-state index is 13.8. The zero-order chi connectivity index (χ0) is 15.9. The molecule has 0 bridgehead atoms. The molecule has 1 saturated heterocycles. The Morgan fingerprint density at radius 1 is 1.32 bits per heavy atom. The van der Waals surface area contributed by atoms with Crippen molar-refractivity contribution in [2.45, 2.75) is 51.6 Å². The number of hydrogen-bond acceptors (Lipinski definition) is 1. The maximum Gasteiger partial charge on any atom is 0.196 e. The van der Waals surface area contributed by atoms with Crippen molar-refractivity contribution < 1.29 is 13.2 Å². The summed E-state index contributed by atoms with van der Waals surface area (Å²) in [7, 11) is 0. The fourth-order valence-electron chi connectivity index (χ4n) is 3.54. The first-order valence-electron chi connectivity index (χ1n) is 7.92. The van der Waals surface area contributed by atoms with Crippen LogP contribution in [0.15, 0.2) is 12.3 Å². The number of aromatic amines is 1. The van der Waals surface area contributed by atoms with Crippen LogP contribution in [0.5, 0.6) is 0 Å². The van der Waals surface area contributed by atoms with Crippen molar-refractivity contribution in [1.82, 2.24) is 9.88 Å². The molecule has 0 amide bonds. The van der Waals surface area contributed by atoms with E-state index < -0.39 is 17.5 Å². The largest absolute Gasteiger partial charge is 0.358 e. The van der Waals surface area contributed by atoms with Gasteiger partial charge in [0.25, 0.3) is 0 Å². The first-order chi connectivity index (χ1) is 10.5. The molecule has 0 saturated carbocycles. The van der Waals surface area contributed by atoms with E-state index in [0.29, 0.717) is 17.5 Å². The topological polar surface area (TPSA) is 19.0 Å². The summed E-state index contributed by atoms with van der Waals surface area (Å²) in [5.41, 5.74) is 0.912. The first-order valence-corrected chi connectivity index (χ1v) is 7.92. The van der Waals surface area contributed by atoms with E-state index in [-0.39, 0.29) is 5.52 Å². The molecule has 1 aliphatic heterocycles. The van der Waals surface area contributed by atoms with Gasteiger partial charge in [-0.15, -0.1) is 0 Å². The highest BCUT2D eigenvalue weighted by molar-refractivity contribution is 5.84. The highest BCUT2D eigenvalue weighted by Crippen LogP contribution is 2.30. The van der Waals surface area contributed by atoms with Crippen LogP contribution < -0.4 is 0 Å². The molecule has 0 aliphatic carbocycles. The second-order valence-corrected chi connectivity index (χ2v) is 6.22. The Hall–Kier alpha value is -1.49. The molecule has 1 aromatic carbocycles. The Balaban J connectivity index is 1.91. The number of nitrogens with one attached hydrogen (secondary N) is 1. The van der Waals surface area contributed by atoms with Crippen molar-refractivity contribution in [3.05, 3.63) is 35.3 Å². The van der Waals surface area contributed by atoms with Crippen LogP contribution in [0.4, 0.5) is 13.2 Å². The van der Waals surface area contributed by atoms with Crippen LogP contribution in [0.3, 0.4) is 0 Å². The summed E-state index contributed by atoms with van der Waals surface area (Å²) in [5, 5.41) is 0.451. The SMILES string of the molecule is CCC(C)N1CCC[C@@H]1Cc1c[nH]c2c(F)c(F)c(F)cc12. The van der Waals surface area contributed by atoms with Crippen molar-refractivity contribution in [3.8, 4) is 0 Å². The predicted molar refractivity (Wildman–Crippen MR) is 81.4 cm³/mol. The summed E-state index contributed by atoms with van der Waals surface area (Å²) in [4.78, 5) is 5.22. The molecule has 0 radical (unpaired) electrons. The van der Waals surface area contributed by atoms with Gasteiger partial charge < -0.3 is 4.98 Å². The van der Waals surface area contributed by atoms with Crippen molar-refractivity contribution in [3.63, 3.8) is 0 Å². The number of H-pyrrole nitrogens is 1. The molecule has 22 heavy (non-hydrogen) atoms. The van der Waals surface area contributed by atoms with Gasteiger partial charge in [-0.1, -0.05) is 6.92 Å². The van der Waals surface area contributed by atoms with Crippen LogP contribution in [0.25, 0.3) is 10.9 Å². The number of hydrogen-bond donors (Lipinski definition) is 1. The van der Waals surface area contributed by atoms with E-state index in [4.69, 9.17) is 0 Å². The Morgan fingerprint density at radius 2 is 2.09 bits per heavy atom. The molecule has 3 rings (SSSR count). The summed E-state index contributed by atoms with van der Waals surface area (Å²) in [6.07, 6.45) is 5.73.